The largest absolute Gasteiger partial charge is 0.416 e. The summed E-state index contributed by atoms with van der Waals surface area (Å²) >= 11 is 10.6. The van der Waals surface area contributed by atoms with Crippen LogP contribution in [0.1, 0.15) is 57.8 Å². The average Bonchev–Trinajstić information content (AvgIpc) is 3.54. The lowest BCUT2D eigenvalue weighted by molar-refractivity contribution is -0.156. The molecule has 1 saturated carbocycles. The number of nitrogens with two attached hydrogens (primary N) is 1. The number of nitrogens with one attached hydrogen (secondary N) is 2. The van der Waals surface area contributed by atoms with Crippen LogP contribution in [0.25, 0.3) is 10.9 Å². The number of aromatic nitrogens is 1. The number of thiol groups is 1. The highest BCUT2D eigenvalue weighted by Crippen LogP contribution is 2.40. The van der Waals surface area contributed by atoms with Gasteiger partial charge in [-0.25, -0.2) is 0 Å². The summed E-state index contributed by atoms with van der Waals surface area (Å²) in [5.41, 5.74) is 3.36. The van der Waals surface area contributed by atoms with Crippen molar-refractivity contribution in [3.8, 4) is 0 Å². The number of carbonyl (C=O) groups is 2. The Labute approximate surface area is 229 Å². The van der Waals surface area contributed by atoms with Crippen LogP contribution in [0.4, 0.5) is 26.3 Å². The second-order valence-corrected chi connectivity index (χ2v) is 10.3. The number of hydrogen-bond donors (Lipinski definition) is 4. The number of rotatable bonds is 7. The molecule has 210 valence electrons. The van der Waals surface area contributed by atoms with Crippen LogP contribution in [0.3, 0.4) is 0 Å². The third-order valence-corrected chi connectivity index (χ3v) is 7.46. The van der Waals surface area contributed by atoms with Crippen LogP contribution in [-0.4, -0.2) is 33.5 Å². The molecule has 2 atom stereocenters. The Balaban J connectivity index is 1.68. The molecule has 14 heteroatoms. The molecule has 1 aromatic heterocycles. The quantitative estimate of drug-likeness (QED) is 0.158. The van der Waals surface area contributed by atoms with Gasteiger partial charge in [-0.2, -0.15) is 39.0 Å². The molecule has 1 aliphatic carbocycles. The molecule has 0 aliphatic heterocycles. The molecule has 2 aromatic carbocycles. The lowest BCUT2D eigenvalue weighted by Gasteiger charge is -2.23. The van der Waals surface area contributed by atoms with E-state index in [9.17, 15) is 35.9 Å². The maximum atomic E-state index is 13.9. The molecule has 1 heterocycles. The Kier molecular flexibility index (Phi) is 7.65. The second kappa shape index (κ2) is 10.3. The summed E-state index contributed by atoms with van der Waals surface area (Å²) in [5.74, 6) is -1.70. The fourth-order valence-electron chi connectivity index (χ4n) is 4.36. The molecule has 2 amide bonds. The molecule has 3 aromatic rings. The fourth-order valence-corrected chi connectivity index (χ4v) is 4.93. The number of hydrogen-bond acceptors (Lipinski definition) is 4. The molecule has 2 unspecified atom stereocenters. The minimum absolute atomic E-state index is 0.0421. The van der Waals surface area contributed by atoms with Crippen molar-refractivity contribution in [2.45, 2.75) is 55.6 Å². The van der Waals surface area contributed by atoms with Gasteiger partial charge in [0, 0.05) is 11.9 Å². The molecular weight excluding hydrogens is 570 g/mol. The van der Waals surface area contributed by atoms with Gasteiger partial charge in [-0.3, -0.25) is 9.59 Å². The number of alkyl halides is 6. The fraction of sp³-hybridized carbons (Fsp3) is 0.360. The molecule has 0 saturated heterocycles. The standard InChI is InChI=1S/C25H23ClF6N4O2S/c1-2-36-17-11-16(26)15(20(37)35-23(6-7-23)22(33)39)9-13(17)10-18(36)21(38)34-19(25(30,31)32)12-4-3-5-14(8-12)24(27,28)29/h3-5,8-11,19,22,39H,2,6-7,33H2,1H3,(H,34,38)(H,35,37). The Morgan fingerprint density at radius 2 is 1.77 bits per heavy atom. The van der Waals surface area contributed by atoms with Crippen molar-refractivity contribution >= 4 is 46.9 Å². The van der Waals surface area contributed by atoms with E-state index in [4.69, 9.17) is 17.3 Å². The molecule has 6 nitrogen and oxygen atoms in total. The van der Waals surface area contributed by atoms with Gasteiger partial charge < -0.3 is 20.9 Å². The lowest BCUT2D eigenvalue weighted by Crippen LogP contribution is -2.47. The maximum Gasteiger partial charge on any atom is 0.416 e. The van der Waals surface area contributed by atoms with Crippen LogP contribution in [0, 0.1) is 0 Å². The molecule has 0 radical (unpaired) electrons. The van der Waals surface area contributed by atoms with Crippen LogP contribution in [0.5, 0.6) is 0 Å². The maximum absolute atomic E-state index is 13.9. The predicted molar refractivity (Wildman–Crippen MR) is 137 cm³/mol. The normalized spacial score (nSPS) is 16.6. The number of halogens is 7. The molecular formula is C25H23ClF6N4O2S. The van der Waals surface area contributed by atoms with Crippen molar-refractivity contribution in [1.29, 1.82) is 0 Å². The Morgan fingerprint density at radius 3 is 2.31 bits per heavy atom. The van der Waals surface area contributed by atoms with Crippen LogP contribution in [0.15, 0.2) is 42.5 Å². The van der Waals surface area contributed by atoms with Gasteiger partial charge in [0.05, 0.1) is 32.6 Å². The van der Waals surface area contributed by atoms with E-state index in [1.807, 2.05) is 5.32 Å². The zero-order valence-corrected chi connectivity index (χ0v) is 21.9. The molecule has 0 bridgehead atoms. The van der Waals surface area contributed by atoms with Gasteiger partial charge in [-0.05, 0) is 55.7 Å². The summed E-state index contributed by atoms with van der Waals surface area (Å²) in [6.07, 6.45) is -8.70. The second-order valence-electron chi connectivity index (χ2n) is 9.29. The molecule has 4 N–H and O–H groups in total. The van der Waals surface area contributed by atoms with Crippen molar-refractivity contribution in [1.82, 2.24) is 15.2 Å². The van der Waals surface area contributed by atoms with Crippen molar-refractivity contribution < 1.29 is 35.9 Å². The summed E-state index contributed by atoms with van der Waals surface area (Å²) in [6, 6.07) is 4.09. The van der Waals surface area contributed by atoms with Gasteiger partial charge in [-0.15, -0.1) is 0 Å². The number of nitrogens with zero attached hydrogens (tertiary/aromatic N) is 1. The van der Waals surface area contributed by atoms with E-state index in [0.29, 0.717) is 35.9 Å². The monoisotopic (exact) mass is 592 g/mol. The summed E-state index contributed by atoms with van der Waals surface area (Å²) < 4.78 is 82.4. The van der Waals surface area contributed by atoms with E-state index in [0.717, 1.165) is 12.1 Å². The van der Waals surface area contributed by atoms with Gasteiger partial charge in [0.1, 0.15) is 5.69 Å². The molecule has 4 rings (SSSR count). The van der Waals surface area contributed by atoms with Gasteiger partial charge in [0.25, 0.3) is 11.8 Å². The zero-order chi connectivity index (χ0) is 28.9. The summed E-state index contributed by atoms with van der Waals surface area (Å²) in [4.78, 5) is 26.0. The van der Waals surface area contributed by atoms with Crippen LogP contribution in [0.2, 0.25) is 5.02 Å². The van der Waals surface area contributed by atoms with E-state index in [1.165, 1.54) is 22.8 Å². The number of aryl methyl sites for hydroxylation is 1. The molecule has 39 heavy (non-hydrogen) atoms. The van der Waals surface area contributed by atoms with Crippen molar-refractivity contribution in [2.24, 2.45) is 5.73 Å². The van der Waals surface area contributed by atoms with E-state index >= 15 is 0 Å². The number of benzene rings is 2. The minimum atomic E-state index is -5.09. The highest BCUT2D eigenvalue weighted by molar-refractivity contribution is 7.81. The van der Waals surface area contributed by atoms with Crippen molar-refractivity contribution in [3.05, 3.63) is 69.9 Å². The van der Waals surface area contributed by atoms with Crippen LogP contribution < -0.4 is 16.4 Å². The SMILES string of the molecule is CCn1c(C(=O)NC(c2cccc(C(F)(F)F)c2)C(F)(F)F)cc2cc(C(=O)NC3(C(N)S)CC3)c(Cl)cc21. The summed E-state index contributed by atoms with van der Waals surface area (Å²) in [7, 11) is 0. The summed E-state index contributed by atoms with van der Waals surface area (Å²) in [5, 5.41) is 4.42. The highest BCUT2D eigenvalue weighted by atomic mass is 35.5. The number of amides is 2. The first-order valence-corrected chi connectivity index (χ1v) is 12.6. The van der Waals surface area contributed by atoms with E-state index in [2.05, 4.69) is 17.9 Å². The first-order chi connectivity index (χ1) is 18.1. The Morgan fingerprint density at radius 1 is 1.10 bits per heavy atom. The number of carbonyl (C=O) groups excluding carboxylic acids is 2. The van der Waals surface area contributed by atoms with Crippen LogP contribution >= 0.6 is 24.2 Å². The van der Waals surface area contributed by atoms with Crippen molar-refractivity contribution in [2.75, 3.05) is 0 Å². The third-order valence-electron chi connectivity index (χ3n) is 6.65. The predicted octanol–water partition coefficient (Wildman–Crippen LogP) is 5.84. The molecule has 1 aliphatic rings. The third kappa shape index (κ3) is 5.85. The summed E-state index contributed by atoms with van der Waals surface area (Å²) in [6.45, 7) is 1.79. The van der Waals surface area contributed by atoms with Crippen LogP contribution in [-0.2, 0) is 12.7 Å². The van der Waals surface area contributed by atoms with E-state index in [1.54, 1.807) is 6.92 Å². The van der Waals surface area contributed by atoms with Gasteiger partial charge in [0.2, 0.25) is 0 Å². The first kappa shape index (κ1) is 29.1. The minimum Gasteiger partial charge on any atom is -0.344 e. The molecule has 1 fully saturated rings. The molecule has 0 spiro atoms. The smallest absolute Gasteiger partial charge is 0.344 e. The van der Waals surface area contributed by atoms with E-state index < -0.39 is 52.2 Å². The number of fused-ring (bicyclic) bond motifs is 1. The zero-order valence-electron chi connectivity index (χ0n) is 20.3. The lowest BCUT2D eigenvalue weighted by atomic mass is 10.0. The van der Waals surface area contributed by atoms with Crippen molar-refractivity contribution in [3.63, 3.8) is 0 Å². The first-order valence-electron chi connectivity index (χ1n) is 11.7. The van der Waals surface area contributed by atoms with Gasteiger partial charge in [0.15, 0.2) is 6.04 Å². The highest BCUT2D eigenvalue weighted by Gasteiger charge is 2.48. The average molecular weight is 593 g/mol. The van der Waals surface area contributed by atoms with Gasteiger partial charge >= 0.3 is 12.4 Å². The Bertz CT molecular complexity index is 1430. The topological polar surface area (TPSA) is 89.2 Å². The van der Waals surface area contributed by atoms with Gasteiger partial charge in [-0.1, -0.05) is 23.7 Å². The van der Waals surface area contributed by atoms with E-state index in [-0.39, 0.29) is 22.8 Å². The Hall–Kier alpha value is -2.90.